The summed E-state index contributed by atoms with van der Waals surface area (Å²) in [5, 5.41) is 8.48. The van der Waals surface area contributed by atoms with E-state index in [-0.39, 0.29) is 23.4 Å². The third kappa shape index (κ3) is 5.05. The van der Waals surface area contributed by atoms with Crippen LogP contribution in [0.1, 0.15) is 74.4 Å². The molecule has 2 unspecified atom stereocenters. The Labute approximate surface area is 225 Å². The molecule has 39 heavy (non-hydrogen) atoms. The van der Waals surface area contributed by atoms with Crippen molar-refractivity contribution >= 4 is 11.7 Å². The van der Waals surface area contributed by atoms with Crippen LogP contribution in [0.25, 0.3) is 5.52 Å². The molecule has 1 saturated carbocycles. The minimum Gasteiger partial charge on any atom is -0.320 e. The molecule has 2 aliphatic heterocycles. The summed E-state index contributed by atoms with van der Waals surface area (Å²) in [6.45, 7) is 4.64. The van der Waals surface area contributed by atoms with Gasteiger partial charge in [-0.2, -0.15) is 13.2 Å². The number of likely N-dealkylation sites (tertiary alicyclic amines) is 1. The molecular weight excluding hydrogens is 507 g/mol. The summed E-state index contributed by atoms with van der Waals surface area (Å²) in [6, 6.07) is 0.900. The van der Waals surface area contributed by atoms with Crippen molar-refractivity contribution in [2.45, 2.75) is 70.1 Å². The Bertz CT molecular complexity index is 1420. The fraction of sp³-hybridized carbons (Fsp3) is 0.643. The number of pyridine rings is 1. The van der Waals surface area contributed by atoms with Crippen molar-refractivity contribution in [2.75, 3.05) is 19.6 Å². The molecule has 6 rings (SSSR count). The molecule has 5 heterocycles. The second-order valence-electron chi connectivity index (χ2n) is 11.9. The molecular formula is C28H36F3N7O. The molecule has 11 heteroatoms. The van der Waals surface area contributed by atoms with Crippen LogP contribution in [0.4, 0.5) is 13.2 Å². The predicted octanol–water partition coefficient (Wildman–Crippen LogP) is 4.70. The predicted molar refractivity (Wildman–Crippen MR) is 142 cm³/mol. The average Bonchev–Trinajstić information content (AvgIpc) is 3.43. The normalized spacial score (nSPS) is 25.7. The first-order valence-corrected chi connectivity index (χ1v) is 14.1. The van der Waals surface area contributed by atoms with Crippen LogP contribution in [0.5, 0.6) is 0 Å². The number of imidazole rings is 1. The molecule has 0 radical (unpaired) electrons. The van der Waals surface area contributed by atoms with Gasteiger partial charge in [-0.3, -0.25) is 18.9 Å². The maximum atomic E-state index is 14.2. The fourth-order valence-corrected chi connectivity index (χ4v) is 6.88. The van der Waals surface area contributed by atoms with Crippen molar-refractivity contribution in [2.24, 2.45) is 29.8 Å². The zero-order chi connectivity index (χ0) is 27.3. The number of hydrogen-bond acceptors (Lipinski definition) is 5. The highest BCUT2D eigenvalue weighted by Gasteiger charge is 2.40. The zero-order valence-electron chi connectivity index (χ0n) is 22.5. The van der Waals surface area contributed by atoms with E-state index >= 15 is 0 Å². The molecule has 210 valence electrons. The standard InChI is InChI=1S/C28H36F3N7O/c1-18-5-4-8-36(13-18)14-19-9-23(28(29,30)31)24-16-37(27(39)38(24)15-19)22-10-21(11-32-12-22)25(20-6-3-7-20)26-34-33-17-35(26)2/h9,11,15-18,20-22,25H,3-8,10,12-14H2,1-2H3/t18-,21?,22?,25-/m0/s1. The molecule has 0 N–H and O–H groups in total. The first-order chi connectivity index (χ1) is 18.7. The SMILES string of the molecule is C[C@H]1CCCN(Cc2cc(C(F)(F)F)c3cn(C4CN=CC([C@@H](c5nncn5C)C5CCC5)C4)c(=O)n3c2)C1. The Morgan fingerprint density at radius 1 is 1.15 bits per heavy atom. The van der Waals surface area contributed by atoms with Gasteiger partial charge >= 0.3 is 11.9 Å². The molecule has 0 amide bonds. The monoisotopic (exact) mass is 543 g/mol. The van der Waals surface area contributed by atoms with E-state index in [1.807, 2.05) is 17.8 Å². The van der Waals surface area contributed by atoms with Crippen molar-refractivity contribution in [3.8, 4) is 0 Å². The second-order valence-corrected chi connectivity index (χ2v) is 11.9. The van der Waals surface area contributed by atoms with Crippen molar-refractivity contribution < 1.29 is 13.2 Å². The van der Waals surface area contributed by atoms with E-state index in [1.165, 1.54) is 27.7 Å². The number of halogens is 3. The van der Waals surface area contributed by atoms with Crippen molar-refractivity contribution in [3.63, 3.8) is 0 Å². The number of aryl methyl sites for hydroxylation is 1. The lowest BCUT2D eigenvalue weighted by molar-refractivity contribution is -0.136. The van der Waals surface area contributed by atoms with Gasteiger partial charge in [0, 0.05) is 50.6 Å². The van der Waals surface area contributed by atoms with Gasteiger partial charge < -0.3 is 4.57 Å². The fourth-order valence-electron chi connectivity index (χ4n) is 6.88. The number of fused-ring (bicyclic) bond motifs is 1. The van der Waals surface area contributed by atoms with Gasteiger partial charge in [0.1, 0.15) is 12.2 Å². The third-order valence-corrected chi connectivity index (χ3v) is 9.02. The van der Waals surface area contributed by atoms with E-state index in [2.05, 4.69) is 27.0 Å². The van der Waals surface area contributed by atoms with Gasteiger partial charge in [0.05, 0.1) is 23.7 Å². The highest BCUT2D eigenvalue weighted by Crippen LogP contribution is 2.45. The van der Waals surface area contributed by atoms with Crippen LogP contribution in [-0.4, -0.2) is 54.5 Å². The topological polar surface area (TPSA) is 72.7 Å². The minimum absolute atomic E-state index is 0.0330. The largest absolute Gasteiger partial charge is 0.418 e. The van der Waals surface area contributed by atoms with Gasteiger partial charge in [-0.15, -0.1) is 10.2 Å². The highest BCUT2D eigenvalue weighted by atomic mass is 19.4. The molecule has 0 spiro atoms. The molecule has 0 bridgehead atoms. The smallest absolute Gasteiger partial charge is 0.320 e. The second kappa shape index (κ2) is 10.2. The molecule has 2 fully saturated rings. The Kier molecular flexibility index (Phi) is 6.89. The maximum Gasteiger partial charge on any atom is 0.418 e. The minimum atomic E-state index is -4.57. The number of aliphatic imine (C=N–C) groups is 1. The Morgan fingerprint density at radius 3 is 2.64 bits per heavy atom. The van der Waals surface area contributed by atoms with Crippen LogP contribution in [-0.2, 0) is 19.8 Å². The van der Waals surface area contributed by atoms with Crippen LogP contribution in [0, 0.1) is 17.8 Å². The summed E-state index contributed by atoms with van der Waals surface area (Å²) in [6.07, 6.45) is 8.27. The van der Waals surface area contributed by atoms with Crippen LogP contribution in [0.2, 0.25) is 0 Å². The van der Waals surface area contributed by atoms with Gasteiger partial charge in [-0.25, -0.2) is 4.79 Å². The van der Waals surface area contributed by atoms with Gasteiger partial charge in [-0.05, 0) is 62.1 Å². The average molecular weight is 544 g/mol. The van der Waals surface area contributed by atoms with Gasteiger partial charge in [0.15, 0.2) is 0 Å². The van der Waals surface area contributed by atoms with E-state index in [1.54, 1.807) is 12.5 Å². The summed E-state index contributed by atoms with van der Waals surface area (Å²) < 4.78 is 47.4. The lowest BCUT2D eigenvalue weighted by Gasteiger charge is -2.39. The summed E-state index contributed by atoms with van der Waals surface area (Å²) in [5.74, 6) is 2.03. The number of alkyl halides is 3. The van der Waals surface area contributed by atoms with Crippen LogP contribution in [0.15, 0.2) is 34.6 Å². The molecule has 1 aliphatic carbocycles. The highest BCUT2D eigenvalue weighted by molar-refractivity contribution is 5.63. The van der Waals surface area contributed by atoms with E-state index in [4.69, 9.17) is 0 Å². The van der Waals surface area contributed by atoms with Crippen molar-refractivity contribution in [3.05, 3.63) is 52.2 Å². The summed E-state index contributed by atoms with van der Waals surface area (Å²) in [7, 11) is 1.93. The number of piperidine rings is 1. The van der Waals surface area contributed by atoms with E-state index in [0.29, 0.717) is 36.9 Å². The molecule has 3 aliphatic rings. The van der Waals surface area contributed by atoms with Crippen LogP contribution >= 0.6 is 0 Å². The number of nitrogens with zero attached hydrogens (tertiary/aromatic N) is 7. The van der Waals surface area contributed by atoms with Gasteiger partial charge in [-0.1, -0.05) is 13.3 Å². The van der Waals surface area contributed by atoms with E-state index < -0.39 is 17.4 Å². The lowest BCUT2D eigenvalue weighted by atomic mass is 9.68. The lowest BCUT2D eigenvalue weighted by Crippen LogP contribution is -2.36. The molecule has 0 aromatic carbocycles. The zero-order valence-corrected chi connectivity index (χ0v) is 22.5. The summed E-state index contributed by atoms with van der Waals surface area (Å²) in [5.41, 5.74) is -0.791. The summed E-state index contributed by atoms with van der Waals surface area (Å²) in [4.78, 5) is 20.4. The molecule has 1 saturated heterocycles. The third-order valence-electron chi connectivity index (χ3n) is 9.02. The molecule has 3 aromatic rings. The van der Waals surface area contributed by atoms with Crippen molar-refractivity contribution in [1.82, 2.24) is 28.6 Å². The number of aromatic nitrogens is 5. The molecule has 3 aromatic heterocycles. The maximum absolute atomic E-state index is 14.2. The summed E-state index contributed by atoms with van der Waals surface area (Å²) >= 11 is 0. The van der Waals surface area contributed by atoms with Gasteiger partial charge in [0.2, 0.25) is 0 Å². The van der Waals surface area contributed by atoms with Crippen LogP contribution in [0.3, 0.4) is 0 Å². The first-order valence-electron chi connectivity index (χ1n) is 14.1. The quantitative estimate of drug-likeness (QED) is 0.452. The van der Waals surface area contributed by atoms with Gasteiger partial charge in [0.25, 0.3) is 0 Å². The number of rotatable bonds is 6. The number of hydrogen-bond donors (Lipinski definition) is 0. The Morgan fingerprint density at radius 2 is 1.97 bits per heavy atom. The van der Waals surface area contributed by atoms with Crippen molar-refractivity contribution in [1.29, 1.82) is 0 Å². The van der Waals surface area contributed by atoms with E-state index in [0.717, 1.165) is 44.6 Å². The molecule has 4 atom stereocenters. The van der Waals surface area contributed by atoms with E-state index in [9.17, 15) is 18.0 Å². The Hall–Kier alpha value is -2.95. The van der Waals surface area contributed by atoms with Crippen LogP contribution < -0.4 is 5.69 Å². The molecule has 8 nitrogen and oxygen atoms in total. The Balaban J connectivity index is 1.34. The first kappa shape index (κ1) is 26.3.